The van der Waals surface area contributed by atoms with Crippen molar-refractivity contribution < 1.29 is 19.0 Å². The molecule has 5 heteroatoms. The lowest BCUT2D eigenvalue weighted by molar-refractivity contribution is 0.140. The van der Waals surface area contributed by atoms with Gasteiger partial charge in [0.15, 0.2) is 0 Å². The first-order valence-electron chi connectivity index (χ1n) is 7.48. The predicted octanol–water partition coefficient (Wildman–Crippen LogP) is 2.76. The lowest BCUT2D eigenvalue weighted by Gasteiger charge is -2.28. The first kappa shape index (κ1) is 17.9. The van der Waals surface area contributed by atoms with Crippen LogP contribution in [0, 0.1) is 5.82 Å². The number of ether oxygens (including phenoxy) is 2. The largest absolute Gasteiger partial charge is 0.389 e. The van der Waals surface area contributed by atoms with Crippen LogP contribution in [-0.2, 0) is 9.47 Å². The molecule has 0 amide bonds. The van der Waals surface area contributed by atoms with Crippen LogP contribution in [0.3, 0.4) is 0 Å². The van der Waals surface area contributed by atoms with Gasteiger partial charge in [-0.2, -0.15) is 0 Å². The molecule has 0 aliphatic rings. The highest BCUT2D eigenvalue weighted by Crippen LogP contribution is 2.29. The Morgan fingerprint density at radius 2 is 1.71 bits per heavy atom. The van der Waals surface area contributed by atoms with Crippen molar-refractivity contribution in [1.29, 1.82) is 0 Å². The molecule has 0 saturated heterocycles. The minimum atomic E-state index is -0.725. The number of halogens is 1. The summed E-state index contributed by atoms with van der Waals surface area (Å²) in [5.41, 5.74) is 1.02. The van der Waals surface area contributed by atoms with E-state index >= 15 is 0 Å². The van der Waals surface area contributed by atoms with E-state index < -0.39 is 6.10 Å². The van der Waals surface area contributed by atoms with Crippen LogP contribution >= 0.6 is 0 Å². The maximum absolute atomic E-state index is 14.2. The number of aliphatic hydroxyl groups is 1. The number of aliphatic hydroxyl groups excluding tert-OH is 1. The van der Waals surface area contributed by atoms with Gasteiger partial charge in [-0.3, -0.25) is 0 Å². The lowest BCUT2D eigenvalue weighted by atomic mass is 10.1. The smallest absolute Gasteiger partial charge is 0.146 e. The summed E-state index contributed by atoms with van der Waals surface area (Å²) in [5.74, 6) is -0.332. The fourth-order valence-electron chi connectivity index (χ4n) is 2.18. The quantitative estimate of drug-likeness (QED) is 0.675. The van der Waals surface area contributed by atoms with Crippen molar-refractivity contribution in [2.45, 2.75) is 26.9 Å². The number of hydrogen-bond acceptors (Lipinski definition) is 4. The minimum absolute atomic E-state index is 0.332. The molecule has 0 aliphatic heterocycles. The molecule has 0 spiro atoms. The van der Waals surface area contributed by atoms with Gasteiger partial charge in [0.1, 0.15) is 5.82 Å². The second-order valence-corrected chi connectivity index (χ2v) is 4.73. The Labute approximate surface area is 126 Å². The zero-order chi connectivity index (χ0) is 15.7. The Balaban J connectivity index is 2.94. The SMILES string of the molecule is CCOCCN(CCOCC)c1c(F)cccc1[C@@H](C)O. The number of benzene rings is 1. The summed E-state index contributed by atoms with van der Waals surface area (Å²) in [6.07, 6.45) is -0.725. The summed E-state index contributed by atoms with van der Waals surface area (Å²) >= 11 is 0. The van der Waals surface area contributed by atoms with Gasteiger partial charge in [0.05, 0.1) is 25.0 Å². The van der Waals surface area contributed by atoms with Gasteiger partial charge in [0.2, 0.25) is 0 Å². The molecule has 0 unspecified atom stereocenters. The van der Waals surface area contributed by atoms with Crippen LogP contribution in [0.1, 0.15) is 32.4 Å². The van der Waals surface area contributed by atoms with Crippen LogP contribution in [0.4, 0.5) is 10.1 Å². The average Bonchev–Trinajstić information content (AvgIpc) is 2.46. The number of para-hydroxylation sites is 1. The second kappa shape index (κ2) is 9.71. The summed E-state index contributed by atoms with van der Waals surface area (Å²) in [6.45, 7) is 8.88. The van der Waals surface area contributed by atoms with Gasteiger partial charge in [-0.1, -0.05) is 12.1 Å². The zero-order valence-corrected chi connectivity index (χ0v) is 13.1. The van der Waals surface area contributed by atoms with Crippen LogP contribution < -0.4 is 4.90 Å². The summed E-state index contributed by atoms with van der Waals surface area (Å²) < 4.78 is 25.0. The molecule has 1 aromatic carbocycles. The molecule has 1 rings (SSSR count). The normalized spacial score (nSPS) is 12.4. The van der Waals surface area contributed by atoms with E-state index in [0.717, 1.165) is 0 Å². The van der Waals surface area contributed by atoms with Crippen molar-refractivity contribution in [2.75, 3.05) is 44.4 Å². The molecule has 120 valence electrons. The van der Waals surface area contributed by atoms with Crippen molar-refractivity contribution in [3.05, 3.63) is 29.6 Å². The topological polar surface area (TPSA) is 41.9 Å². The first-order chi connectivity index (χ1) is 10.1. The van der Waals surface area contributed by atoms with Gasteiger partial charge in [0, 0.05) is 31.9 Å². The second-order valence-electron chi connectivity index (χ2n) is 4.73. The zero-order valence-electron chi connectivity index (χ0n) is 13.1. The number of nitrogens with zero attached hydrogens (tertiary/aromatic N) is 1. The molecule has 0 bridgehead atoms. The molecule has 21 heavy (non-hydrogen) atoms. The summed E-state index contributed by atoms with van der Waals surface area (Å²) in [4.78, 5) is 1.88. The van der Waals surface area contributed by atoms with Gasteiger partial charge in [0.25, 0.3) is 0 Å². The maximum atomic E-state index is 14.2. The minimum Gasteiger partial charge on any atom is -0.389 e. The van der Waals surface area contributed by atoms with E-state index in [-0.39, 0.29) is 5.82 Å². The summed E-state index contributed by atoms with van der Waals surface area (Å²) in [5, 5.41) is 9.87. The van der Waals surface area contributed by atoms with Gasteiger partial charge < -0.3 is 19.5 Å². The molecule has 0 radical (unpaired) electrons. The predicted molar refractivity (Wildman–Crippen MR) is 82.2 cm³/mol. The Hall–Kier alpha value is -1.17. The van der Waals surface area contributed by atoms with E-state index in [4.69, 9.17) is 9.47 Å². The van der Waals surface area contributed by atoms with E-state index in [1.54, 1.807) is 19.1 Å². The maximum Gasteiger partial charge on any atom is 0.146 e. The highest BCUT2D eigenvalue weighted by molar-refractivity contribution is 5.55. The van der Waals surface area contributed by atoms with E-state index in [2.05, 4.69) is 0 Å². The fourth-order valence-corrected chi connectivity index (χ4v) is 2.18. The van der Waals surface area contributed by atoms with Crippen molar-refractivity contribution in [2.24, 2.45) is 0 Å². The number of rotatable bonds is 10. The number of hydrogen-bond donors (Lipinski definition) is 1. The van der Waals surface area contributed by atoms with Gasteiger partial charge in [-0.05, 0) is 26.8 Å². The van der Waals surface area contributed by atoms with Crippen molar-refractivity contribution in [1.82, 2.24) is 0 Å². The van der Waals surface area contributed by atoms with Crippen molar-refractivity contribution in [3.8, 4) is 0 Å². The molecular weight excluding hydrogens is 273 g/mol. The molecular formula is C16H26FNO3. The Morgan fingerprint density at radius 1 is 1.14 bits per heavy atom. The van der Waals surface area contributed by atoms with Gasteiger partial charge >= 0.3 is 0 Å². The molecule has 1 atom stereocenters. The standard InChI is InChI=1S/C16H26FNO3/c1-4-20-11-9-18(10-12-21-5-2)16-14(13(3)19)7-6-8-15(16)17/h6-8,13,19H,4-5,9-12H2,1-3H3/t13-/m1/s1. The van der Waals surface area contributed by atoms with E-state index in [1.807, 2.05) is 18.7 Å². The molecule has 4 nitrogen and oxygen atoms in total. The van der Waals surface area contributed by atoms with Crippen LogP contribution in [0.2, 0.25) is 0 Å². The van der Waals surface area contributed by atoms with Gasteiger partial charge in [-0.25, -0.2) is 4.39 Å². The Bertz CT molecular complexity index is 403. The average molecular weight is 299 g/mol. The molecule has 1 N–H and O–H groups in total. The van der Waals surface area contributed by atoms with Crippen molar-refractivity contribution >= 4 is 5.69 Å². The van der Waals surface area contributed by atoms with Crippen LogP contribution in [0.5, 0.6) is 0 Å². The highest BCUT2D eigenvalue weighted by Gasteiger charge is 2.18. The molecule has 0 aromatic heterocycles. The molecule has 1 aromatic rings. The molecule has 0 aliphatic carbocycles. The van der Waals surface area contributed by atoms with Gasteiger partial charge in [-0.15, -0.1) is 0 Å². The third-order valence-corrected chi connectivity index (χ3v) is 3.20. The van der Waals surface area contributed by atoms with Crippen LogP contribution in [0.15, 0.2) is 18.2 Å². The van der Waals surface area contributed by atoms with Crippen LogP contribution in [0.25, 0.3) is 0 Å². The third-order valence-electron chi connectivity index (χ3n) is 3.20. The molecule has 0 fully saturated rings. The van der Waals surface area contributed by atoms with E-state index in [0.29, 0.717) is 50.8 Å². The lowest BCUT2D eigenvalue weighted by Crippen LogP contribution is -2.33. The van der Waals surface area contributed by atoms with Crippen LogP contribution in [-0.4, -0.2) is 44.6 Å². The molecule has 0 saturated carbocycles. The summed E-state index contributed by atoms with van der Waals surface area (Å²) in [6, 6.07) is 4.77. The first-order valence-corrected chi connectivity index (χ1v) is 7.48. The fraction of sp³-hybridized carbons (Fsp3) is 0.625. The Morgan fingerprint density at radius 3 is 2.19 bits per heavy atom. The highest BCUT2D eigenvalue weighted by atomic mass is 19.1. The summed E-state index contributed by atoms with van der Waals surface area (Å²) in [7, 11) is 0. The monoisotopic (exact) mass is 299 g/mol. The third kappa shape index (κ3) is 5.61. The van der Waals surface area contributed by atoms with E-state index in [9.17, 15) is 9.50 Å². The number of anilines is 1. The van der Waals surface area contributed by atoms with Crippen molar-refractivity contribution in [3.63, 3.8) is 0 Å². The molecule has 0 heterocycles. The Kier molecular flexibility index (Phi) is 8.27. The van der Waals surface area contributed by atoms with E-state index in [1.165, 1.54) is 6.07 Å².